The highest BCUT2D eigenvalue weighted by atomic mass is 16.5. The Morgan fingerprint density at radius 1 is 1.24 bits per heavy atom. The molecule has 1 aromatic carbocycles. The standard InChI is InChI=1S/C23H29N7O3/c1-15-26-18(29-33-15)14-25-22(32)20(23(2,3)4)27-21(31)19-16-10-6-7-11-17(16)30(28-19)13-9-5-8-12-24/h6-7,10-11,20H,5,8-9,13-14H2,1-4H3,(H,25,32)(H,27,31)/t20-/m1/s1. The first-order valence-corrected chi connectivity index (χ1v) is 10.9. The molecule has 3 aromatic rings. The lowest BCUT2D eigenvalue weighted by molar-refractivity contribution is -0.125. The first-order chi connectivity index (χ1) is 15.7. The van der Waals surface area contributed by atoms with Gasteiger partial charge in [0.2, 0.25) is 11.8 Å². The predicted octanol–water partition coefficient (Wildman–Crippen LogP) is 2.88. The third kappa shape index (κ3) is 5.94. The zero-order chi connectivity index (χ0) is 24.0. The number of aromatic nitrogens is 4. The van der Waals surface area contributed by atoms with E-state index in [4.69, 9.17) is 9.78 Å². The van der Waals surface area contributed by atoms with Gasteiger partial charge in [0, 0.05) is 25.3 Å². The predicted molar refractivity (Wildman–Crippen MR) is 121 cm³/mol. The molecule has 0 fully saturated rings. The number of nitriles is 1. The fourth-order valence-corrected chi connectivity index (χ4v) is 3.49. The summed E-state index contributed by atoms with van der Waals surface area (Å²) in [6, 6.07) is 8.82. The molecule has 2 N–H and O–H groups in total. The summed E-state index contributed by atoms with van der Waals surface area (Å²) in [5.74, 6) is 0.00184. The molecule has 2 heterocycles. The zero-order valence-corrected chi connectivity index (χ0v) is 19.4. The normalized spacial score (nSPS) is 12.3. The van der Waals surface area contributed by atoms with Crippen LogP contribution in [0, 0.1) is 23.7 Å². The molecule has 0 aliphatic rings. The van der Waals surface area contributed by atoms with E-state index < -0.39 is 17.4 Å². The molecule has 0 bridgehead atoms. The molecule has 1 atom stereocenters. The van der Waals surface area contributed by atoms with E-state index in [0.29, 0.717) is 30.1 Å². The molecule has 3 rings (SSSR count). The molecule has 0 aliphatic heterocycles. The fraction of sp³-hybridized carbons (Fsp3) is 0.478. The number of carbonyl (C=O) groups is 2. The number of carbonyl (C=O) groups excluding carboxylic acids is 2. The minimum Gasteiger partial charge on any atom is -0.347 e. The molecule has 2 amide bonds. The number of nitrogens with one attached hydrogen (secondary N) is 2. The van der Waals surface area contributed by atoms with E-state index in [-0.39, 0.29) is 18.1 Å². The molecular formula is C23H29N7O3. The van der Waals surface area contributed by atoms with E-state index in [2.05, 4.69) is 31.9 Å². The second kappa shape index (κ2) is 10.3. The molecule has 2 aromatic heterocycles. The molecule has 174 valence electrons. The molecule has 0 unspecified atom stereocenters. The Morgan fingerprint density at radius 3 is 2.67 bits per heavy atom. The maximum Gasteiger partial charge on any atom is 0.273 e. The molecule has 0 saturated carbocycles. The Balaban J connectivity index is 1.77. The van der Waals surface area contributed by atoms with Crippen molar-refractivity contribution in [1.29, 1.82) is 5.26 Å². The second-order valence-electron chi connectivity index (χ2n) is 8.92. The lowest BCUT2D eigenvalue weighted by Gasteiger charge is -2.30. The summed E-state index contributed by atoms with van der Waals surface area (Å²) in [7, 11) is 0. The number of aryl methyl sites for hydroxylation is 2. The first-order valence-electron chi connectivity index (χ1n) is 10.9. The average Bonchev–Trinajstić information content (AvgIpc) is 3.36. The number of fused-ring (bicyclic) bond motifs is 1. The van der Waals surface area contributed by atoms with E-state index in [0.717, 1.165) is 18.4 Å². The van der Waals surface area contributed by atoms with Gasteiger partial charge in [-0.15, -0.1) is 0 Å². The van der Waals surface area contributed by atoms with E-state index in [1.54, 1.807) is 11.6 Å². The largest absolute Gasteiger partial charge is 0.347 e. The van der Waals surface area contributed by atoms with Crippen LogP contribution < -0.4 is 10.6 Å². The number of para-hydroxylation sites is 1. The van der Waals surface area contributed by atoms with Gasteiger partial charge in [0.05, 0.1) is 18.1 Å². The SMILES string of the molecule is Cc1nc(CNC(=O)[C@@H](NC(=O)c2nn(CCCCC#N)c3ccccc23)C(C)(C)C)no1. The Morgan fingerprint density at radius 2 is 2.00 bits per heavy atom. The maximum absolute atomic E-state index is 13.2. The van der Waals surface area contributed by atoms with Gasteiger partial charge in [0.1, 0.15) is 6.04 Å². The maximum atomic E-state index is 13.2. The van der Waals surface area contributed by atoms with E-state index in [9.17, 15) is 9.59 Å². The van der Waals surface area contributed by atoms with Crippen LogP contribution in [0.25, 0.3) is 10.9 Å². The molecule has 33 heavy (non-hydrogen) atoms. The topological polar surface area (TPSA) is 139 Å². The summed E-state index contributed by atoms with van der Waals surface area (Å²) < 4.78 is 6.71. The summed E-state index contributed by atoms with van der Waals surface area (Å²) in [5, 5.41) is 23.4. The van der Waals surface area contributed by atoms with Crippen LogP contribution in [0.3, 0.4) is 0 Å². The van der Waals surface area contributed by atoms with Crippen molar-refractivity contribution >= 4 is 22.7 Å². The van der Waals surface area contributed by atoms with Gasteiger partial charge in [-0.2, -0.15) is 15.3 Å². The lowest BCUT2D eigenvalue weighted by atomic mass is 9.86. The molecule has 10 heteroatoms. The highest BCUT2D eigenvalue weighted by molar-refractivity contribution is 6.06. The molecule has 0 spiro atoms. The van der Waals surface area contributed by atoms with Gasteiger partial charge in [-0.25, -0.2) is 0 Å². The van der Waals surface area contributed by atoms with Crippen molar-refractivity contribution in [3.8, 4) is 6.07 Å². The number of rotatable bonds is 9. The highest BCUT2D eigenvalue weighted by Crippen LogP contribution is 2.23. The Hall–Kier alpha value is -3.74. The van der Waals surface area contributed by atoms with Crippen molar-refractivity contribution in [3.05, 3.63) is 41.7 Å². The number of hydrogen-bond donors (Lipinski definition) is 2. The third-order valence-electron chi connectivity index (χ3n) is 5.18. The Kier molecular flexibility index (Phi) is 7.43. The number of hydrogen-bond acceptors (Lipinski definition) is 7. The van der Waals surface area contributed by atoms with Gasteiger partial charge in [-0.05, 0) is 24.3 Å². The molecule has 0 aliphatic carbocycles. The molecular weight excluding hydrogens is 422 g/mol. The zero-order valence-electron chi connectivity index (χ0n) is 19.4. The molecule has 10 nitrogen and oxygen atoms in total. The monoisotopic (exact) mass is 451 g/mol. The Bertz CT molecular complexity index is 1170. The van der Waals surface area contributed by atoms with Crippen molar-refractivity contribution in [2.75, 3.05) is 0 Å². The van der Waals surface area contributed by atoms with Crippen LogP contribution >= 0.6 is 0 Å². The summed E-state index contributed by atoms with van der Waals surface area (Å²) in [6.07, 6.45) is 2.03. The van der Waals surface area contributed by atoms with E-state index in [1.807, 2.05) is 45.0 Å². The van der Waals surface area contributed by atoms with Crippen molar-refractivity contribution in [2.24, 2.45) is 5.41 Å². The summed E-state index contributed by atoms with van der Waals surface area (Å²) in [5.41, 5.74) is 0.549. The minimum absolute atomic E-state index is 0.0961. The van der Waals surface area contributed by atoms with E-state index in [1.165, 1.54) is 0 Å². The third-order valence-corrected chi connectivity index (χ3v) is 5.18. The van der Waals surface area contributed by atoms with Crippen molar-refractivity contribution < 1.29 is 14.1 Å². The van der Waals surface area contributed by atoms with Gasteiger partial charge in [-0.1, -0.05) is 44.1 Å². The van der Waals surface area contributed by atoms with Crippen LogP contribution in [-0.2, 0) is 17.9 Å². The number of unbranched alkanes of at least 4 members (excludes halogenated alkanes) is 2. The summed E-state index contributed by atoms with van der Waals surface area (Å²) in [6.45, 7) is 8.00. The minimum atomic E-state index is -0.808. The fourth-order valence-electron chi connectivity index (χ4n) is 3.49. The van der Waals surface area contributed by atoms with E-state index >= 15 is 0 Å². The quantitative estimate of drug-likeness (QED) is 0.477. The van der Waals surface area contributed by atoms with Crippen LogP contribution in [0.1, 0.15) is 62.2 Å². The second-order valence-corrected chi connectivity index (χ2v) is 8.92. The van der Waals surface area contributed by atoms with Crippen LogP contribution in [0.4, 0.5) is 0 Å². The number of nitrogens with zero attached hydrogens (tertiary/aromatic N) is 5. The molecule has 0 radical (unpaired) electrons. The van der Waals surface area contributed by atoms with Gasteiger partial charge in [0.25, 0.3) is 5.91 Å². The van der Waals surface area contributed by atoms with Crippen LogP contribution in [0.5, 0.6) is 0 Å². The van der Waals surface area contributed by atoms with Gasteiger partial charge in [0.15, 0.2) is 11.5 Å². The van der Waals surface area contributed by atoms with Crippen LogP contribution in [0.15, 0.2) is 28.8 Å². The highest BCUT2D eigenvalue weighted by Gasteiger charge is 2.34. The first kappa shape index (κ1) is 23.9. The van der Waals surface area contributed by atoms with Crippen LogP contribution in [0.2, 0.25) is 0 Å². The van der Waals surface area contributed by atoms with Crippen LogP contribution in [-0.4, -0.2) is 37.8 Å². The van der Waals surface area contributed by atoms with Crippen molar-refractivity contribution in [3.63, 3.8) is 0 Å². The van der Waals surface area contributed by atoms with Gasteiger partial charge >= 0.3 is 0 Å². The smallest absolute Gasteiger partial charge is 0.273 e. The van der Waals surface area contributed by atoms with Gasteiger partial charge in [-0.3, -0.25) is 14.3 Å². The Labute approximate surface area is 192 Å². The average molecular weight is 452 g/mol. The lowest BCUT2D eigenvalue weighted by Crippen LogP contribution is -2.53. The van der Waals surface area contributed by atoms with Crippen molar-refractivity contribution in [2.45, 2.75) is 66.1 Å². The summed E-state index contributed by atoms with van der Waals surface area (Å²) in [4.78, 5) is 30.3. The molecule has 0 saturated heterocycles. The summed E-state index contributed by atoms with van der Waals surface area (Å²) >= 11 is 0. The number of benzene rings is 1. The van der Waals surface area contributed by atoms with Crippen molar-refractivity contribution in [1.82, 2.24) is 30.6 Å². The van der Waals surface area contributed by atoms with Gasteiger partial charge < -0.3 is 15.2 Å². The number of amides is 2.